The first-order valence-electron chi connectivity index (χ1n) is 5.39. The standard InChI is InChI=1S/C13H13Br2NS/c1-8-7-11(17-13(8)15)12(14)9(2)10-3-5-16-6-4-10/h3-7,9,12H,1-2H3. The summed E-state index contributed by atoms with van der Waals surface area (Å²) in [4.78, 5) is 5.76. The zero-order valence-electron chi connectivity index (χ0n) is 9.65. The fraction of sp³-hybridized carbons (Fsp3) is 0.308. The number of rotatable bonds is 3. The van der Waals surface area contributed by atoms with E-state index in [0.717, 1.165) is 0 Å². The Morgan fingerprint density at radius 3 is 2.47 bits per heavy atom. The lowest BCUT2D eigenvalue weighted by molar-refractivity contribution is 0.759. The Kier molecular flexibility index (Phi) is 4.39. The van der Waals surface area contributed by atoms with E-state index >= 15 is 0 Å². The van der Waals surface area contributed by atoms with Gasteiger partial charge in [0.1, 0.15) is 0 Å². The molecule has 90 valence electrons. The van der Waals surface area contributed by atoms with Crippen molar-refractivity contribution >= 4 is 43.2 Å². The van der Waals surface area contributed by atoms with E-state index in [1.54, 1.807) is 11.3 Å². The van der Waals surface area contributed by atoms with E-state index in [4.69, 9.17) is 0 Å². The van der Waals surface area contributed by atoms with Crippen LogP contribution in [-0.4, -0.2) is 4.98 Å². The molecular weight excluding hydrogens is 362 g/mol. The van der Waals surface area contributed by atoms with Gasteiger partial charge in [-0.3, -0.25) is 4.98 Å². The average Bonchev–Trinajstić information content (AvgIpc) is 2.69. The number of aryl methyl sites for hydroxylation is 1. The molecule has 2 heterocycles. The molecule has 0 spiro atoms. The molecule has 0 N–H and O–H groups in total. The molecule has 0 radical (unpaired) electrons. The molecule has 0 aliphatic rings. The van der Waals surface area contributed by atoms with E-state index in [9.17, 15) is 0 Å². The van der Waals surface area contributed by atoms with Crippen molar-refractivity contribution in [3.63, 3.8) is 0 Å². The molecule has 1 nitrogen and oxygen atoms in total. The van der Waals surface area contributed by atoms with Crippen LogP contribution in [0, 0.1) is 6.92 Å². The maximum absolute atomic E-state index is 4.06. The second kappa shape index (κ2) is 5.63. The highest BCUT2D eigenvalue weighted by atomic mass is 79.9. The lowest BCUT2D eigenvalue weighted by Crippen LogP contribution is -2.00. The van der Waals surface area contributed by atoms with Crippen LogP contribution in [0.1, 0.15) is 33.7 Å². The highest BCUT2D eigenvalue weighted by Crippen LogP contribution is 2.42. The normalized spacial score (nSPS) is 14.6. The molecule has 2 rings (SSSR count). The molecule has 2 aromatic heterocycles. The fourth-order valence-corrected chi connectivity index (χ4v) is 4.07. The van der Waals surface area contributed by atoms with Crippen LogP contribution in [0.3, 0.4) is 0 Å². The third-order valence-electron chi connectivity index (χ3n) is 2.82. The smallest absolute Gasteiger partial charge is 0.0730 e. The van der Waals surface area contributed by atoms with Crippen LogP contribution >= 0.6 is 43.2 Å². The Morgan fingerprint density at radius 2 is 1.94 bits per heavy atom. The first-order chi connectivity index (χ1) is 8.09. The van der Waals surface area contributed by atoms with E-state index in [-0.39, 0.29) is 0 Å². The van der Waals surface area contributed by atoms with Crippen molar-refractivity contribution in [2.75, 3.05) is 0 Å². The van der Waals surface area contributed by atoms with Gasteiger partial charge in [-0.15, -0.1) is 11.3 Å². The number of thiophene rings is 1. The van der Waals surface area contributed by atoms with Crippen molar-refractivity contribution < 1.29 is 0 Å². The SMILES string of the molecule is Cc1cc(C(Br)C(C)c2ccncc2)sc1Br. The van der Waals surface area contributed by atoms with Crippen molar-refractivity contribution in [2.24, 2.45) is 0 Å². The van der Waals surface area contributed by atoms with E-state index < -0.39 is 0 Å². The van der Waals surface area contributed by atoms with Gasteiger partial charge in [0.25, 0.3) is 0 Å². The molecule has 0 aliphatic heterocycles. The molecule has 0 saturated carbocycles. The Balaban J connectivity index is 2.23. The largest absolute Gasteiger partial charge is 0.265 e. The van der Waals surface area contributed by atoms with Crippen molar-refractivity contribution in [3.05, 3.63) is 50.4 Å². The molecule has 0 saturated heterocycles. The number of nitrogens with zero attached hydrogens (tertiary/aromatic N) is 1. The molecule has 2 aromatic rings. The topological polar surface area (TPSA) is 12.9 Å². The van der Waals surface area contributed by atoms with Gasteiger partial charge in [-0.1, -0.05) is 22.9 Å². The predicted octanol–water partition coefficient (Wildman–Crippen LogP) is 5.45. The number of alkyl halides is 1. The van der Waals surface area contributed by atoms with E-state index in [1.165, 1.54) is 19.8 Å². The lowest BCUT2D eigenvalue weighted by atomic mass is 9.98. The summed E-state index contributed by atoms with van der Waals surface area (Å²) in [5.74, 6) is 0.433. The summed E-state index contributed by atoms with van der Waals surface area (Å²) in [6.07, 6.45) is 3.70. The summed E-state index contributed by atoms with van der Waals surface area (Å²) in [7, 11) is 0. The summed E-state index contributed by atoms with van der Waals surface area (Å²) in [6, 6.07) is 6.40. The zero-order chi connectivity index (χ0) is 12.4. The number of hydrogen-bond acceptors (Lipinski definition) is 2. The van der Waals surface area contributed by atoms with Crippen molar-refractivity contribution in [1.82, 2.24) is 4.98 Å². The molecule has 2 atom stereocenters. The van der Waals surface area contributed by atoms with Gasteiger partial charge in [0.05, 0.1) is 8.61 Å². The second-order valence-corrected chi connectivity index (χ2v) is 7.46. The van der Waals surface area contributed by atoms with Crippen LogP contribution in [0.2, 0.25) is 0 Å². The maximum Gasteiger partial charge on any atom is 0.0730 e. The minimum Gasteiger partial charge on any atom is -0.265 e. The fourth-order valence-electron chi connectivity index (χ4n) is 1.70. The Morgan fingerprint density at radius 1 is 1.29 bits per heavy atom. The summed E-state index contributed by atoms with van der Waals surface area (Å²) in [6.45, 7) is 4.36. The van der Waals surface area contributed by atoms with Crippen LogP contribution in [0.25, 0.3) is 0 Å². The van der Waals surface area contributed by atoms with Crippen molar-refractivity contribution in [1.29, 1.82) is 0 Å². The minimum atomic E-state index is 0.347. The quantitative estimate of drug-likeness (QED) is 0.650. The van der Waals surface area contributed by atoms with Gasteiger partial charge in [-0.2, -0.15) is 0 Å². The van der Waals surface area contributed by atoms with Crippen molar-refractivity contribution in [2.45, 2.75) is 24.6 Å². The summed E-state index contributed by atoms with van der Waals surface area (Å²) in [5, 5.41) is 0. The van der Waals surface area contributed by atoms with Gasteiger partial charge >= 0.3 is 0 Å². The van der Waals surface area contributed by atoms with Crippen LogP contribution in [0.15, 0.2) is 34.4 Å². The highest BCUT2D eigenvalue weighted by molar-refractivity contribution is 9.11. The Labute approximate surface area is 123 Å². The highest BCUT2D eigenvalue weighted by Gasteiger charge is 2.20. The van der Waals surface area contributed by atoms with Crippen LogP contribution in [-0.2, 0) is 0 Å². The first-order valence-corrected chi connectivity index (χ1v) is 7.92. The third kappa shape index (κ3) is 2.98. The van der Waals surface area contributed by atoms with E-state index in [0.29, 0.717) is 10.7 Å². The number of halogens is 2. The lowest BCUT2D eigenvalue weighted by Gasteiger charge is -2.17. The van der Waals surface area contributed by atoms with E-state index in [1.807, 2.05) is 12.4 Å². The zero-order valence-corrected chi connectivity index (χ0v) is 13.6. The molecule has 0 aliphatic carbocycles. The number of pyridine rings is 1. The van der Waals surface area contributed by atoms with Gasteiger partial charge in [-0.05, 0) is 58.1 Å². The molecule has 0 amide bonds. The van der Waals surface area contributed by atoms with Gasteiger partial charge in [0.2, 0.25) is 0 Å². The first kappa shape index (κ1) is 13.2. The van der Waals surface area contributed by atoms with Gasteiger partial charge in [0, 0.05) is 17.3 Å². The monoisotopic (exact) mass is 373 g/mol. The average molecular weight is 375 g/mol. The van der Waals surface area contributed by atoms with Gasteiger partial charge in [0.15, 0.2) is 0 Å². The minimum absolute atomic E-state index is 0.347. The Bertz CT molecular complexity index is 476. The van der Waals surface area contributed by atoms with Crippen LogP contribution < -0.4 is 0 Å². The Hall–Kier alpha value is -0.190. The maximum atomic E-state index is 4.06. The van der Waals surface area contributed by atoms with Crippen LogP contribution in [0.5, 0.6) is 0 Å². The van der Waals surface area contributed by atoms with Gasteiger partial charge < -0.3 is 0 Å². The predicted molar refractivity (Wildman–Crippen MR) is 81.1 cm³/mol. The van der Waals surface area contributed by atoms with Crippen LogP contribution in [0.4, 0.5) is 0 Å². The number of hydrogen-bond donors (Lipinski definition) is 0. The summed E-state index contributed by atoms with van der Waals surface area (Å²) in [5.41, 5.74) is 2.61. The molecule has 0 aromatic carbocycles. The molecule has 0 fully saturated rings. The second-order valence-electron chi connectivity index (χ2n) is 4.08. The molecule has 17 heavy (non-hydrogen) atoms. The third-order valence-corrected chi connectivity index (χ3v) is 6.63. The van der Waals surface area contributed by atoms with E-state index in [2.05, 4.69) is 68.9 Å². The number of aromatic nitrogens is 1. The molecule has 2 unspecified atom stereocenters. The molecule has 4 heteroatoms. The van der Waals surface area contributed by atoms with Gasteiger partial charge in [-0.25, -0.2) is 0 Å². The molecule has 0 bridgehead atoms. The molecular formula is C13H13Br2NS. The summed E-state index contributed by atoms with van der Waals surface area (Å²) < 4.78 is 1.22. The van der Waals surface area contributed by atoms with Crippen molar-refractivity contribution in [3.8, 4) is 0 Å². The summed E-state index contributed by atoms with van der Waals surface area (Å²) >= 11 is 9.18.